The average molecular weight is 311 g/mol. The molecule has 0 radical (unpaired) electrons. The third-order valence-electron chi connectivity index (χ3n) is 4.12. The van der Waals surface area contributed by atoms with E-state index in [1.807, 2.05) is 28.0 Å². The van der Waals surface area contributed by atoms with Crippen LogP contribution in [0.25, 0.3) is 0 Å². The largest absolute Gasteiger partial charge is 0.459 e. The van der Waals surface area contributed by atoms with Gasteiger partial charge in [-0.2, -0.15) is 5.10 Å². The van der Waals surface area contributed by atoms with Crippen molar-refractivity contribution in [3.8, 4) is 0 Å². The van der Waals surface area contributed by atoms with Crippen molar-refractivity contribution < 1.29 is 9.21 Å². The first-order valence-corrected chi connectivity index (χ1v) is 7.65. The Labute approximate surface area is 133 Å². The molecule has 3 aromatic heterocycles. The summed E-state index contributed by atoms with van der Waals surface area (Å²) in [6.45, 7) is 2.72. The Bertz CT molecular complexity index is 789. The van der Waals surface area contributed by atoms with E-state index >= 15 is 0 Å². The predicted molar refractivity (Wildman–Crippen MR) is 81.9 cm³/mol. The summed E-state index contributed by atoms with van der Waals surface area (Å²) in [5, 5.41) is 4.24. The van der Waals surface area contributed by atoms with Crippen LogP contribution in [0.5, 0.6) is 0 Å². The zero-order chi connectivity index (χ0) is 15.6. The Kier molecular flexibility index (Phi) is 3.45. The molecule has 1 aliphatic rings. The van der Waals surface area contributed by atoms with Crippen LogP contribution in [0.15, 0.2) is 47.5 Å². The maximum atomic E-state index is 12.4. The number of fused-ring (bicyclic) bond motifs is 1. The highest BCUT2D eigenvalue weighted by molar-refractivity contribution is 5.91. The van der Waals surface area contributed by atoms with Crippen LogP contribution < -0.4 is 0 Å². The van der Waals surface area contributed by atoms with Gasteiger partial charge in [0.15, 0.2) is 5.76 Å². The molecule has 23 heavy (non-hydrogen) atoms. The Morgan fingerprint density at radius 3 is 3.00 bits per heavy atom. The van der Waals surface area contributed by atoms with Crippen molar-refractivity contribution in [2.75, 3.05) is 13.1 Å². The molecular formula is C16H17N5O2. The van der Waals surface area contributed by atoms with Crippen LogP contribution in [0.3, 0.4) is 0 Å². The summed E-state index contributed by atoms with van der Waals surface area (Å²) in [7, 11) is 0. The summed E-state index contributed by atoms with van der Waals surface area (Å²) >= 11 is 0. The number of hydrogen-bond acceptors (Lipinski definition) is 4. The van der Waals surface area contributed by atoms with E-state index in [0.717, 1.165) is 24.5 Å². The molecule has 1 amide bonds. The van der Waals surface area contributed by atoms with Crippen LogP contribution in [0.4, 0.5) is 0 Å². The van der Waals surface area contributed by atoms with Crippen molar-refractivity contribution in [2.24, 2.45) is 0 Å². The molecular weight excluding hydrogens is 294 g/mol. The fraction of sp³-hybridized carbons (Fsp3) is 0.312. The monoisotopic (exact) mass is 311 g/mol. The van der Waals surface area contributed by atoms with Crippen molar-refractivity contribution >= 4 is 5.91 Å². The van der Waals surface area contributed by atoms with Crippen LogP contribution in [-0.4, -0.2) is 43.2 Å². The summed E-state index contributed by atoms with van der Waals surface area (Å²) in [5.74, 6) is 1.34. The van der Waals surface area contributed by atoms with Crippen LogP contribution in [0, 0.1) is 0 Å². The average Bonchev–Trinajstić information content (AvgIpc) is 3.29. The second-order valence-electron chi connectivity index (χ2n) is 5.54. The van der Waals surface area contributed by atoms with Gasteiger partial charge in [-0.1, -0.05) is 0 Å². The quantitative estimate of drug-likeness (QED) is 0.733. The number of imidazole rings is 1. The van der Waals surface area contributed by atoms with Gasteiger partial charge in [0, 0.05) is 38.4 Å². The third kappa shape index (κ3) is 2.65. The molecule has 4 heterocycles. The Balaban J connectivity index is 1.51. The first-order valence-electron chi connectivity index (χ1n) is 7.65. The van der Waals surface area contributed by atoms with Gasteiger partial charge >= 0.3 is 0 Å². The molecule has 0 saturated carbocycles. The van der Waals surface area contributed by atoms with Crippen LogP contribution >= 0.6 is 0 Å². The number of carbonyl (C=O) groups excluding carboxylic acids is 1. The fourth-order valence-electron chi connectivity index (χ4n) is 2.94. The molecule has 3 aromatic rings. The summed E-state index contributed by atoms with van der Waals surface area (Å²) in [5.41, 5.74) is 1.11. The lowest BCUT2D eigenvalue weighted by Gasteiger charge is -2.18. The molecule has 0 atom stereocenters. The smallest absolute Gasteiger partial charge is 0.289 e. The highest BCUT2D eigenvalue weighted by atomic mass is 16.3. The van der Waals surface area contributed by atoms with Gasteiger partial charge < -0.3 is 13.9 Å². The lowest BCUT2D eigenvalue weighted by atomic mass is 10.3. The normalized spacial score (nSPS) is 14.5. The van der Waals surface area contributed by atoms with E-state index in [1.54, 1.807) is 18.3 Å². The number of nitrogens with zero attached hydrogens (tertiary/aromatic N) is 5. The van der Waals surface area contributed by atoms with Crippen molar-refractivity contribution in [3.63, 3.8) is 0 Å². The molecule has 0 bridgehead atoms. The van der Waals surface area contributed by atoms with Gasteiger partial charge in [-0.15, -0.1) is 0 Å². The lowest BCUT2D eigenvalue weighted by molar-refractivity contribution is 0.0727. The van der Waals surface area contributed by atoms with Crippen molar-refractivity contribution in [3.05, 3.63) is 60.3 Å². The first-order chi connectivity index (χ1) is 11.3. The maximum Gasteiger partial charge on any atom is 0.289 e. The molecule has 7 heteroatoms. The molecule has 0 saturated heterocycles. The van der Waals surface area contributed by atoms with Gasteiger partial charge in [-0.25, -0.2) is 4.98 Å². The van der Waals surface area contributed by atoms with E-state index in [9.17, 15) is 4.79 Å². The van der Waals surface area contributed by atoms with Crippen molar-refractivity contribution in [2.45, 2.75) is 19.5 Å². The van der Waals surface area contributed by atoms with Gasteiger partial charge in [0.2, 0.25) is 0 Å². The van der Waals surface area contributed by atoms with Crippen LogP contribution in [0.1, 0.15) is 22.1 Å². The molecule has 4 rings (SSSR count). The molecule has 0 aliphatic carbocycles. The molecule has 0 spiro atoms. The Morgan fingerprint density at radius 1 is 1.26 bits per heavy atom. The summed E-state index contributed by atoms with van der Waals surface area (Å²) in [6.07, 6.45) is 7.87. The van der Waals surface area contributed by atoms with E-state index in [4.69, 9.17) is 4.42 Å². The van der Waals surface area contributed by atoms with Crippen LogP contribution in [-0.2, 0) is 19.5 Å². The minimum absolute atomic E-state index is 0.0608. The lowest BCUT2D eigenvalue weighted by Crippen LogP contribution is -2.33. The second kappa shape index (κ2) is 5.75. The Hall–Kier alpha value is -2.83. The SMILES string of the molecule is O=C(c1ccco1)N1CCc2ncc(Cn3cccn3)n2CC1. The van der Waals surface area contributed by atoms with Crippen LogP contribution in [0.2, 0.25) is 0 Å². The standard InChI is InChI=1S/C16H17N5O2/c22-16(14-3-1-10-23-14)19-7-4-15-17-11-13(21(15)9-8-19)12-20-6-2-5-18-20/h1-3,5-6,10-11H,4,7-9,12H2. The second-order valence-corrected chi connectivity index (χ2v) is 5.54. The number of furan rings is 1. The highest BCUT2D eigenvalue weighted by Gasteiger charge is 2.23. The first kappa shape index (κ1) is 13.8. The van der Waals surface area contributed by atoms with E-state index < -0.39 is 0 Å². The van der Waals surface area contributed by atoms with E-state index in [0.29, 0.717) is 25.4 Å². The van der Waals surface area contributed by atoms with Gasteiger partial charge in [0.05, 0.1) is 24.7 Å². The minimum Gasteiger partial charge on any atom is -0.459 e. The number of aromatic nitrogens is 4. The van der Waals surface area contributed by atoms with Gasteiger partial charge in [-0.3, -0.25) is 9.48 Å². The summed E-state index contributed by atoms with van der Waals surface area (Å²) < 4.78 is 9.28. The fourth-order valence-corrected chi connectivity index (χ4v) is 2.94. The van der Waals surface area contributed by atoms with Gasteiger partial charge in [-0.05, 0) is 18.2 Å². The predicted octanol–water partition coefficient (Wildman–Crippen LogP) is 1.42. The molecule has 0 unspecified atom stereocenters. The number of rotatable bonds is 3. The third-order valence-corrected chi connectivity index (χ3v) is 4.12. The van der Waals surface area contributed by atoms with E-state index in [1.165, 1.54) is 6.26 Å². The van der Waals surface area contributed by atoms with Crippen molar-refractivity contribution in [1.29, 1.82) is 0 Å². The molecule has 1 aliphatic heterocycles. The Morgan fingerprint density at radius 2 is 2.22 bits per heavy atom. The van der Waals surface area contributed by atoms with E-state index in [2.05, 4.69) is 14.6 Å². The van der Waals surface area contributed by atoms with Gasteiger partial charge in [0.1, 0.15) is 5.82 Å². The van der Waals surface area contributed by atoms with Crippen molar-refractivity contribution in [1.82, 2.24) is 24.2 Å². The number of carbonyl (C=O) groups is 1. The number of amides is 1. The minimum atomic E-state index is -0.0608. The molecule has 0 fully saturated rings. The van der Waals surface area contributed by atoms with Gasteiger partial charge in [0.25, 0.3) is 5.91 Å². The van der Waals surface area contributed by atoms with E-state index in [-0.39, 0.29) is 5.91 Å². The summed E-state index contributed by atoms with van der Waals surface area (Å²) in [6, 6.07) is 5.34. The topological polar surface area (TPSA) is 69.1 Å². The molecule has 0 N–H and O–H groups in total. The number of hydrogen-bond donors (Lipinski definition) is 0. The maximum absolute atomic E-state index is 12.4. The molecule has 0 aromatic carbocycles. The summed E-state index contributed by atoms with van der Waals surface area (Å²) in [4.78, 5) is 18.8. The molecule has 118 valence electrons. The zero-order valence-electron chi connectivity index (χ0n) is 12.6. The zero-order valence-corrected chi connectivity index (χ0v) is 12.6. The molecule has 7 nitrogen and oxygen atoms in total. The highest BCUT2D eigenvalue weighted by Crippen LogP contribution is 2.15.